The van der Waals surface area contributed by atoms with Gasteiger partial charge >= 0.3 is 12.1 Å². The number of alkyl halides is 1. The van der Waals surface area contributed by atoms with E-state index in [0.29, 0.717) is 50.7 Å². The number of hydrogen-bond donors (Lipinski definition) is 0. The average Bonchev–Trinajstić information content (AvgIpc) is 3.09. The molecule has 0 bridgehead atoms. The molecule has 11 heteroatoms. The summed E-state index contributed by atoms with van der Waals surface area (Å²) in [5.74, 6) is -0.190. The third-order valence-electron chi connectivity index (χ3n) is 9.09. The van der Waals surface area contributed by atoms with Crippen LogP contribution < -0.4 is 4.74 Å². The van der Waals surface area contributed by atoms with Gasteiger partial charge in [0, 0.05) is 68.8 Å². The zero-order valence-electron chi connectivity index (χ0n) is 28.8. The third-order valence-corrected chi connectivity index (χ3v) is 9.09. The van der Waals surface area contributed by atoms with Crippen molar-refractivity contribution in [2.45, 2.75) is 83.7 Å². The lowest BCUT2D eigenvalue weighted by molar-refractivity contribution is -0.141. The quantitative estimate of drug-likeness (QED) is 0.227. The Morgan fingerprint density at radius 3 is 2.46 bits per heavy atom. The number of piperidine rings is 2. The van der Waals surface area contributed by atoms with Gasteiger partial charge in [0.2, 0.25) is 5.91 Å². The summed E-state index contributed by atoms with van der Waals surface area (Å²) in [5.41, 5.74) is 1.81. The first kappa shape index (κ1) is 36.8. The zero-order chi connectivity index (χ0) is 34.7. The van der Waals surface area contributed by atoms with Gasteiger partial charge in [0.15, 0.2) is 0 Å². The van der Waals surface area contributed by atoms with E-state index in [1.807, 2.05) is 43.9 Å². The summed E-state index contributed by atoms with van der Waals surface area (Å²) >= 11 is 0. The lowest BCUT2D eigenvalue weighted by Gasteiger charge is -2.35. The Balaban J connectivity index is 1.33. The van der Waals surface area contributed by atoms with Crippen molar-refractivity contribution in [3.63, 3.8) is 0 Å². The smallest absolute Gasteiger partial charge is 0.410 e. The Morgan fingerprint density at radius 1 is 0.979 bits per heavy atom. The van der Waals surface area contributed by atoms with Crippen LogP contribution in [0.1, 0.15) is 83.6 Å². The highest BCUT2D eigenvalue weighted by Crippen LogP contribution is 2.32. The second-order valence-corrected chi connectivity index (χ2v) is 13.8. The number of Topliss-reactive ketones (excluding diaryl/α,β-unsaturated/α-hetero) is 1. The largest absolute Gasteiger partial charge is 0.491 e. The van der Waals surface area contributed by atoms with Crippen LogP contribution in [-0.2, 0) is 23.9 Å². The predicted octanol–water partition coefficient (Wildman–Crippen LogP) is 6.37. The molecule has 4 rings (SSSR count). The van der Waals surface area contributed by atoms with E-state index < -0.39 is 24.2 Å². The molecule has 1 aromatic carbocycles. The average molecular weight is 668 g/mol. The molecule has 262 valence electrons. The fourth-order valence-electron chi connectivity index (χ4n) is 6.45. The molecule has 0 aliphatic carbocycles. The maximum Gasteiger partial charge on any atom is 0.410 e. The molecule has 2 aliphatic rings. The molecule has 2 aliphatic heterocycles. The number of methoxy groups -OCH3 is 1. The minimum absolute atomic E-state index is 0.0166. The molecule has 10 nitrogen and oxygen atoms in total. The monoisotopic (exact) mass is 667 g/mol. The summed E-state index contributed by atoms with van der Waals surface area (Å²) in [6, 6.07) is 9.18. The lowest BCUT2D eigenvalue weighted by atomic mass is 9.84. The maximum absolute atomic E-state index is 13.7. The molecule has 0 radical (unpaired) electrons. The number of nitrogens with zero attached hydrogens (tertiary/aromatic N) is 3. The van der Waals surface area contributed by atoms with E-state index in [2.05, 4.69) is 4.98 Å². The minimum Gasteiger partial charge on any atom is -0.491 e. The number of pyridine rings is 1. The number of amides is 2. The molecule has 1 aromatic heterocycles. The molecule has 0 spiro atoms. The van der Waals surface area contributed by atoms with Gasteiger partial charge in [0.1, 0.15) is 30.4 Å². The summed E-state index contributed by atoms with van der Waals surface area (Å²) in [6.45, 7) is 7.21. The van der Waals surface area contributed by atoms with E-state index in [-0.39, 0.29) is 43.2 Å². The Bertz CT molecular complexity index is 1400. The van der Waals surface area contributed by atoms with Crippen LogP contribution in [0.3, 0.4) is 0 Å². The summed E-state index contributed by atoms with van der Waals surface area (Å²) in [7, 11) is 1.33. The molecule has 2 aromatic rings. The summed E-state index contributed by atoms with van der Waals surface area (Å²) in [4.78, 5) is 59.7. The molecule has 1 unspecified atom stereocenters. The number of carbonyl (C=O) groups is 4. The van der Waals surface area contributed by atoms with Crippen molar-refractivity contribution in [2.24, 2.45) is 11.8 Å². The zero-order valence-corrected chi connectivity index (χ0v) is 28.8. The Labute approximate surface area is 283 Å². The summed E-state index contributed by atoms with van der Waals surface area (Å²) in [6.07, 6.45) is 7.52. The van der Waals surface area contributed by atoms with Gasteiger partial charge in [-0.3, -0.25) is 19.4 Å². The van der Waals surface area contributed by atoms with E-state index in [1.54, 1.807) is 29.4 Å². The van der Waals surface area contributed by atoms with Crippen molar-refractivity contribution in [2.75, 3.05) is 46.6 Å². The van der Waals surface area contributed by atoms with Crippen LogP contribution in [0.5, 0.6) is 5.75 Å². The van der Waals surface area contributed by atoms with Crippen molar-refractivity contribution in [3.8, 4) is 16.9 Å². The normalized spacial score (nSPS) is 17.8. The van der Waals surface area contributed by atoms with Gasteiger partial charge in [0.05, 0.1) is 13.5 Å². The number of esters is 1. The molecule has 3 heterocycles. The molecule has 2 saturated heterocycles. The van der Waals surface area contributed by atoms with Crippen molar-refractivity contribution in [3.05, 3.63) is 48.3 Å². The topological polar surface area (TPSA) is 115 Å². The Kier molecular flexibility index (Phi) is 13.3. The summed E-state index contributed by atoms with van der Waals surface area (Å²) in [5, 5.41) is 0. The highest BCUT2D eigenvalue weighted by Gasteiger charge is 2.32. The number of ketones is 1. The number of likely N-dealkylation sites (tertiary alicyclic amines) is 2. The van der Waals surface area contributed by atoms with E-state index in [9.17, 15) is 23.6 Å². The Hall–Kier alpha value is -4.02. The molecule has 0 N–H and O–H groups in total. The van der Waals surface area contributed by atoms with E-state index >= 15 is 0 Å². The van der Waals surface area contributed by atoms with Crippen molar-refractivity contribution in [1.82, 2.24) is 14.8 Å². The highest BCUT2D eigenvalue weighted by molar-refractivity contribution is 5.84. The number of hydrogen-bond acceptors (Lipinski definition) is 8. The second kappa shape index (κ2) is 17.4. The van der Waals surface area contributed by atoms with Gasteiger partial charge in [-0.2, -0.15) is 0 Å². The van der Waals surface area contributed by atoms with Crippen LogP contribution in [0, 0.1) is 11.8 Å². The maximum atomic E-state index is 13.7. The van der Waals surface area contributed by atoms with Gasteiger partial charge in [-0.15, -0.1) is 0 Å². The van der Waals surface area contributed by atoms with Gasteiger partial charge in [-0.25, -0.2) is 9.18 Å². The molecule has 2 fully saturated rings. The fourth-order valence-corrected chi connectivity index (χ4v) is 6.45. The standard InChI is InChI=1S/C37H50FN3O7/c1-37(2,3)48-36(45)40-16-12-26(13-17-40)10-11-34(43)41-15-6-8-28(25-41)33(42)21-29(22-35(44)46-4)31-19-30(23-39-24-31)27-7-5-9-32(20-27)47-18-14-38/h5,7,9,19-20,23-24,26,28-29H,6,8,10-18,21-22,25H2,1-4H3/t28-,29?/m1/s1. The minimum atomic E-state index is -0.588. The molecule has 2 atom stereocenters. The fraction of sp³-hybridized carbons (Fsp3) is 0.595. The van der Waals surface area contributed by atoms with E-state index in [4.69, 9.17) is 14.2 Å². The first-order chi connectivity index (χ1) is 23.0. The van der Waals surface area contributed by atoms with Gasteiger partial charge in [-0.1, -0.05) is 12.1 Å². The molecular formula is C37H50FN3O7. The van der Waals surface area contributed by atoms with Crippen LogP contribution in [0.2, 0.25) is 0 Å². The number of carbonyl (C=O) groups excluding carboxylic acids is 4. The SMILES string of the molecule is COC(=O)CC(CC(=O)[C@@H]1CCCN(C(=O)CCC2CCN(C(=O)OC(C)(C)C)CC2)C1)c1cncc(-c2cccc(OCCF)c2)c1. The van der Waals surface area contributed by atoms with E-state index in [0.717, 1.165) is 42.4 Å². The van der Waals surface area contributed by atoms with Gasteiger partial charge < -0.3 is 24.0 Å². The molecule has 2 amide bonds. The third kappa shape index (κ3) is 11.0. The number of halogens is 1. The number of aromatic nitrogens is 1. The van der Waals surface area contributed by atoms with Crippen molar-refractivity contribution >= 4 is 23.8 Å². The Morgan fingerprint density at radius 2 is 1.75 bits per heavy atom. The van der Waals surface area contributed by atoms with Crippen molar-refractivity contribution < 1.29 is 37.8 Å². The van der Waals surface area contributed by atoms with E-state index in [1.165, 1.54) is 7.11 Å². The van der Waals surface area contributed by atoms with Crippen molar-refractivity contribution in [1.29, 1.82) is 0 Å². The summed E-state index contributed by atoms with van der Waals surface area (Å²) < 4.78 is 28.5. The second-order valence-electron chi connectivity index (χ2n) is 13.8. The van der Waals surface area contributed by atoms with Gasteiger partial charge in [-0.05, 0) is 88.1 Å². The van der Waals surface area contributed by atoms with Gasteiger partial charge in [0.25, 0.3) is 0 Å². The van der Waals surface area contributed by atoms with Crippen LogP contribution in [0.15, 0.2) is 42.7 Å². The first-order valence-electron chi connectivity index (χ1n) is 17.0. The van der Waals surface area contributed by atoms with Crippen LogP contribution in [0.25, 0.3) is 11.1 Å². The molecular weight excluding hydrogens is 617 g/mol. The number of rotatable bonds is 13. The highest BCUT2D eigenvalue weighted by atomic mass is 19.1. The predicted molar refractivity (Wildman–Crippen MR) is 179 cm³/mol. The number of benzene rings is 1. The lowest BCUT2D eigenvalue weighted by Crippen LogP contribution is -2.43. The first-order valence-corrected chi connectivity index (χ1v) is 17.0. The number of ether oxygens (including phenoxy) is 3. The molecule has 48 heavy (non-hydrogen) atoms. The molecule has 0 saturated carbocycles. The van der Waals surface area contributed by atoms with Crippen LogP contribution in [-0.4, -0.2) is 90.7 Å². The van der Waals surface area contributed by atoms with Crippen LogP contribution in [0.4, 0.5) is 9.18 Å². The van der Waals surface area contributed by atoms with Crippen LogP contribution >= 0.6 is 0 Å².